The smallest absolute Gasteiger partial charge is 0.227 e. The van der Waals surface area contributed by atoms with Gasteiger partial charge in [0.1, 0.15) is 0 Å². The van der Waals surface area contributed by atoms with Gasteiger partial charge in [0.2, 0.25) is 5.91 Å². The first kappa shape index (κ1) is 14.9. The summed E-state index contributed by atoms with van der Waals surface area (Å²) in [7, 11) is 0. The van der Waals surface area contributed by atoms with E-state index in [2.05, 4.69) is 51.9 Å². The molecule has 0 spiro atoms. The number of carbonyl (C=O) groups excluding carboxylic acids is 1. The zero-order chi connectivity index (χ0) is 14.7. The summed E-state index contributed by atoms with van der Waals surface area (Å²) >= 11 is 3.55. The number of hydrogen-bond acceptors (Lipinski definition) is 2. The molecule has 1 aromatic rings. The van der Waals surface area contributed by atoms with E-state index in [-0.39, 0.29) is 11.8 Å². The average Bonchev–Trinajstić information content (AvgIpc) is 2.77. The van der Waals surface area contributed by atoms with Crippen LogP contribution in [-0.2, 0) is 4.79 Å². The lowest BCUT2D eigenvalue weighted by Crippen LogP contribution is -2.25. The zero-order valence-electron chi connectivity index (χ0n) is 11.6. The van der Waals surface area contributed by atoms with Gasteiger partial charge in [0.15, 0.2) is 0 Å². The van der Waals surface area contributed by atoms with Crippen LogP contribution in [0, 0.1) is 5.92 Å². The van der Waals surface area contributed by atoms with Crippen LogP contribution in [0.15, 0.2) is 27.8 Å². The molecule has 1 saturated heterocycles. The number of halogens is 1. The number of anilines is 1. The fraction of sp³-hybridized carbons (Fsp3) is 0.500. The minimum Gasteiger partial charge on any atom is -0.311 e. The first-order valence-corrected chi connectivity index (χ1v) is 7.43. The summed E-state index contributed by atoms with van der Waals surface area (Å²) in [6.07, 6.45) is 0.442. The van der Waals surface area contributed by atoms with Crippen molar-refractivity contribution in [1.82, 2.24) is 0 Å². The highest BCUT2D eigenvalue weighted by molar-refractivity contribution is 9.10. The first-order chi connectivity index (χ1) is 9.52. The molecular formula is C14H17BrN4O. The first-order valence-electron chi connectivity index (χ1n) is 6.63. The van der Waals surface area contributed by atoms with Gasteiger partial charge in [-0.1, -0.05) is 25.0 Å². The van der Waals surface area contributed by atoms with Crippen LogP contribution in [-0.4, -0.2) is 19.0 Å². The van der Waals surface area contributed by atoms with Crippen molar-refractivity contribution in [1.29, 1.82) is 0 Å². The third-order valence-electron chi connectivity index (χ3n) is 3.54. The molecule has 0 N–H and O–H groups in total. The molecule has 0 radical (unpaired) electrons. The van der Waals surface area contributed by atoms with Gasteiger partial charge in [-0.05, 0) is 51.0 Å². The summed E-state index contributed by atoms with van der Waals surface area (Å²) in [5, 5.41) is 3.57. The van der Waals surface area contributed by atoms with E-state index >= 15 is 0 Å². The molecule has 1 unspecified atom stereocenters. The summed E-state index contributed by atoms with van der Waals surface area (Å²) < 4.78 is 0.932. The molecule has 0 aromatic heterocycles. The molecule has 1 atom stereocenters. The fourth-order valence-electron chi connectivity index (χ4n) is 2.39. The van der Waals surface area contributed by atoms with Gasteiger partial charge in [-0.3, -0.25) is 4.79 Å². The second kappa shape index (κ2) is 6.29. The molecule has 1 aromatic carbocycles. The number of benzene rings is 1. The Labute approximate surface area is 126 Å². The molecule has 6 heteroatoms. The van der Waals surface area contributed by atoms with E-state index in [1.807, 2.05) is 6.07 Å². The zero-order valence-corrected chi connectivity index (χ0v) is 13.2. The quantitative estimate of drug-likeness (QED) is 0.460. The van der Waals surface area contributed by atoms with Gasteiger partial charge in [-0.25, -0.2) is 0 Å². The molecule has 0 bridgehead atoms. The maximum absolute atomic E-state index is 12.1. The summed E-state index contributed by atoms with van der Waals surface area (Å²) in [5.41, 5.74) is 10.5. The van der Waals surface area contributed by atoms with Crippen molar-refractivity contribution in [3.8, 4) is 0 Å². The molecule has 1 aliphatic rings. The monoisotopic (exact) mass is 336 g/mol. The molecule has 1 aliphatic heterocycles. The third-order valence-corrected chi connectivity index (χ3v) is 4.17. The summed E-state index contributed by atoms with van der Waals surface area (Å²) in [6.45, 7) is 5.26. The Kier molecular flexibility index (Phi) is 4.68. The van der Waals surface area contributed by atoms with Gasteiger partial charge in [0, 0.05) is 28.9 Å². The standard InChI is InChI=1S/C14H17BrN4O/c1-9(2)11-3-4-13(12(15)6-11)19-8-10(5-14(19)20)7-17-18-16/h3-4,6,9-10H,5,7-8H2,1-2H3. The average molecular weight is 337 g/mol. The largest absolute Gasteiger partial charge is 0.311 e. The fourth-order valence-corrected chi connectivity index (χ4v) is 3.00. The molecule has 0 saturated carbocycles. The van der Waals surface area contributed by atoms with Crippen molar-refractivity contribution >= 4 is 27.5 Å². The highest BCUT2D eigenvalue weighted by Crippen LogP contribution is 2.33. The Morgan fingerprint density at radius 1 is 1.55 bits per heavy atom. The van der Waals surface area contributed by atoms with E-state index in [1.165, 1.54) is 5.56 Å². The number of rotatable bonds is 4. The van der Waals surface area contributed by atoms with E-state index in [9.17, 15) is 4.79 Å². The molecule has 1 amide bonds. The number of carbonyl (C=O) groups is 1. The van der Waals surface area contributed by atoms with Crippen molar-refractivity contribution in [3.63, 3.8) is 0 Å². The predicted molar refractivity (Wildman–Crippen MR) is 82.7 cm³/mol. The van der Waals surface area contributed by atoms with E-state index in [0.29, 0.717) is 25.4 Å². The Bertz CT molecular complexity index is 566. The Morgan fingerprint density at radius 2 is 2.30 bits per heavy atom. The van der Waals surface area contributed by atoms with Gasteiger partial charge in [0.25, 0.3) is 0 Å². The maximum atomic E-state index is 12.1. The molecule has 1 fully saturated rings. The molecular weight excluding hydrogens is 320 g/mol. The van der Waals surface area contributed by atoms with Crippen LogP contribution in [0.4, 0.5) is 5.69 Å². The summed E-state index contributed by atoms with van der Waals surface area (Å²) in [6, 6.07) is 6.10. The van der Waals surface area contributed by atoms with Crippen molar-refractivity contribution in [3.05, 3.63) is 38.7 Å². The summed E-state index contributed by atoms with van der Waals surface area (Å²) in [4.78, 5) is 16.6. The number of amides is 1. The van der Waals surface area contributed by atoms with Gasteiger partial charge in [-0.2, -0.15) is 0 Å². The van der Waals surface area contributed by atoms with Crippen LogP contribution in [0.25, 0.3) is 10.4 Å². The van der Waals surface area contributed by atoms with Gasteiger partial charge >= 0.3 is 0 Å². The van der Waals surface area contributed by atoms with Gasteiger partial charge < -0.3 is 4.90 Å². The molecule has 106 valence electrons. The topological polar surface area (TPSA) is 69.1 Å². The number of azide groups is 1. The Hall–Kier alpha value is -1.52. The summed E-state index contributed by atoms with van der Waals surface area (Å²) in [5.74, 6) is 0.642. The molecule has 20 heavy (non-hydrogen) atoms. The van der Waals surface area contributed by atoms with Crippen LogP contribution in [0.5, 0.6) is 0 Å². The number of nitrogens with zero attached hydrogens (tertiary/aromatic N) is 4. The lowest BCUT2D eigenvalue weighted by atomic mass is 10.0. The highest BCUT2D eigenvalue weighted by Gasteiger charge is 2.31. The van der Waals surface area contributed by atoms with E-state index < -0.39 is 0 Å². The van der Waals surface area contributed by atoms with Crippen molar-refractivity contribution in [2.45, 2.75) is 26.2 Å². The van der Waals surface area contributed by atoms with Crippen molar-refractivity contribution < 1.29 is 4.79 Å². The van der Waals surface area contributed by atoms with Crippen LogP contribution in [0.3, 0.4) is 0 Å². The van der Waals surface area contributed by atoms with E-state index in [4.69, 9.17) is 5.53 Å². The molecule has 5 nitrogen and oxygen atoms in total. The molecule has 0 aliphatic carbocycles. The highest BCUT2D eigenvalue weighted by atomic mass is 79.9. The van der Waals surface area contributed by atoms with Crippen LogP contribution < -0.4 is 4.90 Å². The van der Waals surface area contributed by atoms with Crippen LogP contribution in [0.2, 0.25) is 0 Å². The lowest BCUT2D eigenvalue weighted by Gasteiger charge is -2.19. The van der Waals surface area contributed by atoms with Crippen molar-refractivity contribution in [2.24, 2.45) is 11.0 Å². The molecule has 1 heterocycles. The van der Waals surface area contributed by atoms with Gasteiger partial charge in [0.05, 0.1) is 5.69 Å². The Morgan fingerprint density at radius 3 is 2.90 bits per heavy atom. The second-order valence-electron chi connectivity index (χ2n) is 5.35. The van der Waals surface area contributed by atoms with E-state index in [0.717, 1.165) is 10.2 Å². The maximum Gasteiger partial charge on any atom is 0.227 e. The van der Waals surface area contributed by atoms with Crippen LogP contribution in [0.1, 0.15) is 31.7 Å². The minimum absolute atomic E-state index is 0.0844. The number of hydrogen-bond donors (Lipinski definition) is 0. The Balaban J connectivity index is 2.19. The molecule has 2 rings (SSSR count). The lowest BCUT2D eigenvalue weighted by molar-refractivity contribution is -0.117. The predicted octanol–water partition coefficient (Wildman–Crippen LogP) is 4.24. The van der Waals surface area contributed by atoms with E-state index in [1.54, 1.807) is 4.90 Å². The SMILES string of the molecule is CC(C)c1ccc(N2CC(CN=[N+]=[N-])CC2=O)c(Br)c1. The normalized spacial score (nSPS) is 18.5. The van der Waals surface area contributed by atoms with Gasteiger partial charge in [-0.15, -0.1) is 0 Å². The third kappa shape index (κ3) is 3.14. The minimum atomic E-state index is 0.0844. The van der Waals surface area contributed by atoms with Crippen molar-refractivity contribution in [2.75, 3.05) is 18.0 Å². The second-order valence-corrected chi connectivity index (χ2v) is 6.21. The van der Waals surface area contributed by atoms with Crippen LogP contribution >= 0.6 is 15.9 Å².